The maximum Gasteiger partial charge on any atom is 0.326 e. The second-order valence-corrected chi connectivity index (χ2v) is 7.43. The summed E-state index contributed by atoms with van der Waals surface area (Å²) in [5.74, 6) is -1.22. The molecule has 24 heavy (non-hydrogen) atoms. The van der Waals surface area contributed by atoms with Gasteiger partial charge in [0.15, 0.2) is 0 Å². The molecule has 0 fully saturated rings. The first-order valence-electron chi connectivity index (χ1n) is 7.72. The predicted octanol–water partition coefficient (Wildman–Crippen LogP) is 3.08. The minimum atomic E-state index is -1.08. The van der Waals surface area contributed by atoms with Crippen LogP contribution in [0.25, 0.3) is 0 Å². The van der Waals surface area contributed by atoms with Crippen LogP contribution >= 0.6 is 11.8 Å². The molecule has 5 nitrogen and oxygen atoms in total. The average molecular weight is 357 g/mol. The molecule has 0 bridgehead atoms. The summed E-state index contributed by atoms with van der Waals surface area (Å²) in [6.07, 6.45) is 0.398. The number of nitrogens with one attached hydrogen (secondary N) is 1. The van der Waals surface area contributed by atoms with Gasteiger partial charge in [-0.05, 0) is 45.0 Å². The molecule has 1 atom stereocenters. The molecular weight excluding hydrogens is 333 g/mol. The van der Waals surface area contributed by atoms with Crippen molar-refractivity contribution in [3.8, 4) is 0 Å². The lowest BCUT2D eigenvalue weighted by atomic mass is 10.1. The summed E-state index contributed by atoms with van der Waals surface area (Å²) in [6.45, 7) is 5.90. The van der Waals surface area contributed by atoms with Crippen LogP contribution in [0.3, 0.4) is 0 Å². The van der Waals surface area contributed by atoms with E-state index < -0.39 is 12.0 Å². The van der Waals surface area contributed by atoms with E-state index in [1.165, 1.54) is 23.9 Å². The topological polar surface area (TPSA) is 75.6 Å². The van der Waals surface area contributed by atoms with Gasteiger partial charge in [-0.3, -0.25) is 4.79 Å². The number of carboxylic acids is 1. The lowest BCUT2D eigenvalue weighted by Gasteiger charge is -2.21. The summed E-state index contributed by atoms with van der Waals surface area (Å²) >= 11 is 1.41. The zero-order valence-electron chi connectivity index (χ0n) is 14.2. The Morgan fingerprint density at radius 1 is 1.29 bits per heavy atom. The maximum atomic E-state index is 12.8. The van der Waals surface area contributed by atoms with Crippen LogP contribution in [0.4, 0.5) is 4.39 Å². The number of carboxylic acid groups (broad SMARTS) is 1. The number of benzene rings is 1. The monoisotopic (exact) mass is 357 g/mol. The molecule has 0 heterocycles. The van der Waals surface area contributed by atoms with Crippen molar-refractivity contribution < 1.29 is 23.8 Å². The second-order valence-electron chi connectivity index (χ2n) is 6.26. The number of thioether (sulfide) groups is 1. The number of rotatable bonds is 9. The number of carbonyl (C=O) groups excluding carboxylic acids is 1. The SMILES string of the molecule is CC(C)(C)OCCC(NC(=O)CCSc1ccc(F)cc1)C(=O)O. The third-order valence-corrected chi connectivity index (χ3v) is 4.00. The van der Waals surface area contributed by atoms with Gasteiger partial charge in [0.1, 0.15) is 11.9 Å². The van der Waals surface area contributed by atoms with Crippen LogP contribution in [0.15, 0.2) is 29.2 Å². The number of aliphatic carboxylic acids is 1. The van der Waals surface area contributed by atoms with Gasteiger partial charge in [-0.2, -0.15) is 0 Å². The summed E-state index contributed by atoms with van der Waals surface area (Å²) in [6, 6.07) is 5.04. The average Bonchev–Trinajstić information content (AvgIpc) is 2.47. The van der Waals surface area contributed by atoms with Crippen molar-refractivity contribution >= 4 is 23.6 Å². The van der Waals surface area contributed by atoms with Crippen molar-refractivity contribution in [2.45, 2.75) is 50.2 Å². The number of ether oxygens (including phenoxy) is 1. The van der Waals surface area contributed by atoms with Crippen LogP contribution in [0.1, 0.15) is 33.6 Å². The zero-order chi connectivity index (χ0) is 18.2. The van der Waals surface area contributed by atoms with Gasteiger partial charge < -0.3 is 15.2 Å². The number of amides is 1. The maximum absolute atomic E-state index is 12.8. The smallest absolute Gasteiger partial charge is 0.326 e. The van der Waals surface area contributed by atoms with Crippen molar-refractivity contribution in [1.82, 2.24) is 5.32 Å². The summed E-state index contributed by atoms with van der Waals surface area (Å²) in [5, 5.41) is 11.7. The molecule has 0 spiro atoms. The van der Waals surface area contributed by atoms with Gasteiger partial charge in [-0.25, -0.2) is 9.18 Å². The van der Waals surface area contributed by atoms with Crippen LogP contribution in [0, 0.1) is 5.82 Å². The molecule has 0 aliphatic rings. The molecular formula is C17H24FNO4S. The van der Waals surface area contributed by atoms with E-state index >= 15 is 0 Å². The first kappa shape index (κ1) is 20.4. The minimum Gasteiger partial charge on any atom is -0.480 e. The molecule has 1 rings (SSSR count). The van der Waals surface area contributed by atoms with Crippen molar-refractivity contribution in [2.75, 3.05) is 12.4 Å². The molecule has 7 heteroatoms. The Labute approximate surface area is 146 Å². The molecule has 0 aliphatic heterocycles. The fourth-order valence-electron chi connectivity index (χ4n) is 1.80. The van der Waals surface area contributed by atoms with E-state index in [9.17, 15) is 14.0 Å². The zero-order valence-corrected chi connectivity index (χ0v) is 15.0. The Bertz CT molecular complexity index is 543. The molecule has 1 aromatic rings. The molecule has 0 saturated heterocycles. The van der Waals surface area contributed by atoms with E-state index in [4.69, 9.17) is 9.84 Å². The predicted molar refractivity (Wildman–Crippen MR) is 91.6 cm³/mol. The quantitative estimate of drug-likeness (QED) is 0.664. The summed E-state index contributed by atoms with van der Waals surface area (Å²) in [4.78, 5) is 23.9. The van der Waals surface area contributed by atoms with E-state index in [0.717, 1.165) is 4.90 Å². The Kier molecular flexibility index (Phi) is 8.21. The van der Waals surface area contributed by atoms with Gasteiger partial charge >= 0.3 is 5.97 Å². The lowest BCUT2D eigenvalue weighted by Crippen LogP contribution is -2.42. The van der Waals surface area contributed by atoms with Crippen LogP contribution < -0.4 is 5.32 Å². The van der Waals surface area contributed by atoms with Gasteiger partial charge in [-0.1, -0.05) is 0 Å². The highest BCUT2D eigenvalue weighted by Gasteiger charge is 2.21. The molecule has 0 saturated carbocycles. The third-order valence-electron chi connectivity index (χ3n) is 2.99. The van der Waals surface area contributed by atoms with E-state index in [1.807, 2.05) is 20.8 Å². The van der Waals surface area contributed by atoms with Crippen LogP contribution in [0.2, 0.25) is 0 Å². The van der Waals surface area contributed by atoms with Crippen molar-refractivity contribution in [2.24, 2.45) is 0 Å². The first-order valence-corrected chi connectivity index (χ1v) is 8.70. The van der Waals surface area contributed by atoms with Crippen LogP contribution in [0.5, 0.6) is 0 Å². The van der Waals surface area contributed by atoms with Gasteiger partial charge in [0.2, 0.25) is 5.91 Å². The third kappa shape index (κ3) is 8.88. The number of halogens is 1. The molecule has 0 radical (unpaired) electrons. The fraction of sp³-hybridized carbons (Fsp3) is 0.529. The van der Waals surface area contributed by atoms with Crippen LogP contribution in [-0.4, -0.2) is 41.0 Å². The standard InChI is InChI=1S/C17H24FNO4S/c1-17(2,3)23-10-8-14(16(21)22)19-15(20)9-11-24-13-6-4-12(18)5-7-13/h4-7,14H,8-11H2,1-3H3,(H,19,20)(H,21,22). The molecule has 0 aliphatic carbocycles. The van der Waals surface area contributed by atoms with E-state index in [0.29, 0.717) is 5.75 Å². The fourth-order valence-corrected chi connectivity index (χ4v) is 2.65. The normalized spacial score (nSPS) is 12.7. The van der Waals surface area contributed by atoms with E-state index in [1.54, 1.807) is 12.1 Å². The van der Waals surface area contributed by atoms with Gasteiger partial charge in [0.05, 0.1) is 5.60 Å². The first-order chi connectivity index (χ1) is 11.2. The molecule has 1 aromatic carbocycles. The Morgan fingerprint density at radius 2 is 1.92 bits per heavy atom. The summed E-state index contributed by atoms with van der Waals surface area (Å²) in [7, 11) is 0. The molecule has 2 N–H and O–H groups in total. The number of carbonyl (C=O) groups is 2. The number of hydrogen-bond acceptors (Lipinski definition) is 4. The van der Waals surface area contributed by atoms with Gasteiger partial charge in [0, 0.05) is 30.1 Å². The summed E-state index contributed by atoms with van der Waals surface area (Å²) < 4.78 is 18.3. The lowest BCUT2D eigenvalue weighted by molar-refractivity contribution is -0.142. The molecule has 0 aromatic heterocycles. The summed E-state index contributed by atoms with van der Waals surface area (Å²) in [5.41, 5.74) is -0.348. The van der Waals surface area contributed by atoms with Crippen molar-refractivity contribution in [3.63, 3.8) is 0 Å². The second kappa shape index (κ2) is 9.64. The molecule has 134 valence electrons. The Hall–Kier alpha value is -1.60. The van der Waals surface area contributed by atoms with Crippen molar-refractivity contribution in [1.29, 1.82) is 0 Å². The highest BCUT2D eigenvalue weighted by Crippen LogP contribution is 2.18. The Morgan fingerprint density at radius 3 is 2.46 bits per heavy atom. The van der Waals surface area contributed by atoms with Crippen molar-refractivity contribution in [3.05, 3.63) is 30.1 Å². The number of hydrogen-bond donors (Lipinski definition) is 2. The van der Waals surface area contributed by atoms with E-state index in [2.05, 4.69) is 5.32 Å². The highest BCUT2D eigenvalue weighted by atomic mass is 32.2. The van der Waals surface area contributed by atoms with Crippen LogP contribution in [-0.2, 0) is 14.3 Å². The highest BCUT2D eigenvalue weighted by molar-refractivity contribution is 7.99. The molecule has 1 unspecified atom stereocenters. The van der Waals surface area contributed by atoms with Gasteiger partial charge in [-0.15, -0.1) is 11.8 Å². The largest absolute Gasteiger partial charge is 0.480 e. The Balaban J connectivity index is 2.34. The van der Waals surface area contributed by atoms with E-state index in [-0.39, 0.29) is 36.8 Å². The minimum absolute atomic E-state index is 0.186. The van der Waals surface area contributed by atoms with Gasteiger partial charge in [0.25, 0.3) is 0 Å². The molecule has 1 amide bonds.